The van der Waals surface area contributed by atoms with Crippen molar-refractivity contribution in [2.75, 3.05) is 13.1 Å². The van der Waals surface area contributed by atoms with Crippen molar-refractivity contribution in [1.29, 1.82) is 0 Å². The quantitative estimate of drug-likeness (QED) is 0.296. The smallest absolute Gasteiger partial charge is 0.248 e. The molecule has 0 atom stereocenters. The predicted molar refractivity (Wildman–Crippen MR) is 93.5 cm³/mol. The molecular weight excluding hydrogens is 258 g/mol. The van der Waals surface area contributed by atoms with Crippen LogP contribution in [0.5, 0.6) is 0 Å². The summed E-state index contributed by atoms with van der Waals surface area (Å²) in [5.41, 5.74) is 0.663. The molecule has 0 rings (SSSR count). The second kappa shape index (κ2) is 14.2. The standard InChI is InChI=1S/C19H37NO/c1-5-7-8-9-10-11-12-13-14-15-17-20(16-6-2)19(21)18(3)4/h3,5-17H2,1-2,4H3. The second-order valence-electron chi connectivity index (χ2n) is 6.25. The number of nitrogens with zero attached hydrogens (tertiary/aromatic N) is 1. The Bertz CT molecular complexity index is 273. The van der Waals surface area contributed by atoms with Gasteiger partial charge in [0.05, 0.1) is 0 Å². The summed E-state index contributed by atoms with van der Waals surface area (Å²) in [6.45, 7) is 11.7. The Labute approximate surface area is 133 Å². The van der Waals surface area contributed by atoms with E-state index in [1.165, 1.54) is 57.8 Å². The van der Waals surface area contributed by atoms with Crippen LogP contribution in [0, 0.1) is 0 Å². The minimum absolute atomic E-state index is 0.132. The highest BCUT2D eigenvalue weighted by Crippen LogP contribution is 2.11. The van der Waals surface area contributed by atoms with Crippen LogP contribution in [0.25, 0.3) is 0 Å². The van der Waals surface area contributed by atoms with Crippen molar-refractivity contribution in [3.05, 3.63) is 12.2 Å². The van der Waals surface area contributed by atoms with Crippen LogP contribution in [0.15, 0.2) is 12.2 Å². The van der Waals surface area contributed by atoms with E-state index in [4.69, 9.17) is 0 Å². The second-order valence-corrected chi connectivity index (χ2v) is 6.25. The summed E-state index contributed by atoms with van der Waals surface area (Å²) in [6.07, 6.45) is 14.4. The number of carbonyl (C=O) groups is 1. The zero-order valence-electron chi connectivity index (χ0n) is 14.8. The van der Waals surface area contributed by atoms with Crippen molar-refractivity contribution in [3.63, 3.8) is 0 Å². The zero-order chi connectivity index (χ0) is 15.9. The zero-order valence-corrected chi connectivity index (χ0v) is 14.8. The number of hydrogen-bond donors (Lipinski definition) is 0. The molecule has 0 aliphatic rings. The topological polar surface area (TPSA) is 20.3 Å². The maximum atomic E-state index is 12.0. The Morgan fingerprint density at radius 1 is 0.762 bits per heavy atom. The maximum absolute atomic E-state index is 12.0. The average Bonchev–Trinajstić information content (AvgIpc) is 2.47. The van der Waals surface area contributed by atoms with E-state index in [1.807, 2.05) is 11.8 Å². The molecule has 0 fully saturated rings. The molecule has 0 aromatic heterocycles. The highest BCUT2D eigenvalue weighted by atomic mass is 16.2. The van der Waals surface area contributed by atoms with Crippen LogP contribution in [0.4, 0.5) is 0 Å². The fraction of sp³-hybridized carbons (Fsp3) is 0.842. The minimum atomic E-state index is 0.132. The Morgan fingerprint density at radius 2 is 1.24 bits per heavy atom. The molecule has 21 heavy (non-hydrogen) atoms. The first-order chi connectivity index (χ1) is 10.1. The monoisotopic (exact) mass is 295 g/mol. The third-order valence-electron chi connectivity index (χ3n) is 3.93. The van der Waals surface area contributed by atoms with Gasteiger partial charge < -0.3 is 4.90 Å². The van der Waals surface area contributed by atoms with Gasteiger partial charge >= 0.3 is 0 Å². The molecule has 2 nitrogen and oxygen atoms in total. The molecule has 2 heteroatoms. The first-order valence-electron chi connectivity index (χ1n) is 9.08. The van der Waals surface area contributed by atoms with Crippen molar-refractivity contribution in [2.45, 2.75) is 91.4 Å². The van der Waals surface area contributed by atoms with Gasteiger partial charge in [0.1, 0.15) is 0 Å². The molecule has 0 radical (unpaired) electrons. The van der Waals surface area contributed by atoms with E-state index in [0.717, 1.165) is 25.9 Å². The molecular formula is C19H37NO. The summed E-state index contributed by atoms with van der Waals surface area (Å²) in [4.78, 5) is 13.9. The van der Waals surface area contributed by atoms with E-state index < -0.39 is 0 Å². The van der Waals surface area contributed by atoms with Gasteiger partial charge in [-0.1, -0.05) is 78.2 Å². The van der Waals surface area contributed by atoms with E-state index in [2.05, 4.69) is 20.4 Å². The molecule has 0 N–H and O–H groups in total. The fourth-order valence-electron chi connectivity index (χ4n) is 2.64. The molecule has 0 spiro atoms. The molecule has 0 saturated heterocycles. The van der Waals surface area contributed by atoms with Gasteiger partial charge in [0.25, 0.3) is 0 Å². The van der Waals surface area contributed by atoms with Gasteiger partial charge in [-0.05, 0) is 19.8 Å². The number of hydrogen-bond acceptors (Lipinski definition) is 1. The largest absolute Gasteiger partial charge is 0.339 e. The van der Waals surface area contributed by atoms with Crippen LogP contribution < -0.4 is 0 Å². The third kappa shape index (κ3) is 11.5. The van der Waals surface area contributed by atoms with Gasteiger partial charge in [0.2, 0.25) is 5.91 Å². The first kappa shape index (κ1) is 20.2. The normalized spacial score (nSPS) is 10.6. The molecule has 0 aromatic carbocycles. The SMILES string of the molecule is C=C(C)C(=O)N(CCC)CCCCCCCCCCCC. The first-order valence-corrected chi connectivity index (χ1v) is 9.08. The highest BCUT2D eigenvalue weighted by molar-refractivity contribution is 5.92. The molecule has 0 heterocycles. The van der Waals surface area contributed by atoms with Crippen molar-refractivity contribution < 1.29 is 4.79 Å². The summed E-state index contributed by atoms with van der Waals surface area (Å²) in [7, 11) is 0. The number of carbonyl (C=O) groups excluding carboxylic acids is 1. The molecule has 1 amide bonds. The Balaban J connectivity index is 3.54. The van der Waals surface area contributed by atoms with Crippen LogP contribution >= 0.6 is 0 Å². The van der Waals surface area contributed by atoms with Crippen molar-refractivity contribution in [1.82, 2.24) is 4.90 Å². The molecule has 0 bridgehead atoms. The molecule has 0 aliphatic carbocycles. The minimum Gasteiger partial charge on any atom is -0.339 e. The molecule has 0 aromatic rings. The lowest BCUT2D eigenvalue weighted by Gasteiger charge is -2.22. The maximum Gasteiger partial charge on any atom is 0.248 e. The molecule has 0 aliphatic heterocycles. The van der Waals surface area contributed by atoms with Crippen LogP contribution in [0.1, 0.15) is 91.4 Å². The van der Waals surface area contributed by atoms with Gasteiger partial charge in [0, 0.05) is 18.7 Å². The van der Waals surface area contributed by atoms with Gasteiger partial charge in [-0.25, -0.2) is 0 Å². The van der Waals surface area contributed by atoms with Crippen LogP contribution in [-0.2, 0) is 4.79 Å². The van der Waals surface area contributed by atoms with Gasteiger partial charge in [-0.2, -0.15) is 0 Å². The van der Waals surface area contributed by atoms with E-state index in [1.54, 1.807) is 0 Å². The average molecular weight is 296 g/mol. The Kier molecular flexibility index (Phi) is 13.6. The number of unbranched alkanes of at least 4 members (excludes halogenated alkanes) is 9. The summed E-state index contributed by atoms with van der Waals surface area (Å²) >= 11 is 0. The summed E-state index contributed by atoms with van der Waals surface area (Å²) in [5, 5.41) is 0. The molecule has 124 valence electrons. The van der Waals surface area contributed by atoms with Gasteiger partial charge in [0.15, 0.2) is 0 Å². The number of rotatable bonds is 14. The Hall–Kier alpha value is -0.790. The summed E-state index contributed by atoms with van der Waals surface area (Å²) < 4.78 is 0. The molecule has 0 saturated carbocycles. The van der Waals surface area contributed by atoms with Crippen LogP contribution in [-0.4, -0.2) is 23.9 Å². The van der Waals surface area contributed by atoms with Crippen molar-refractivity contribution in [2.24, 2.45) is 0 Å². The van der Waals surface area contributed by atoms with Crippen molar-refractivity contribution in [3.8, 4) is 0 Å². The number of amides is 1. The van der Waals surface area contributed by atoms with Gasteiger partial charge in [-0.3, -0.25) is 4.79 Å². The van der Waals surface area contributed by atoms with E-state index in [0.29, 0.717) is 5.57 Å². The highest BCUT2D eigenvalue weighted by Gasteiger charge is 2.12. The third-order valence-corrected chi connectivity index (χ3v) is 3.93. The van der Waals surface area contributed by atoms with Crippen molar-refractivity contribution >= 4 is 5.91 Å². The molecule has 0 unspecified atom stereocenters. The van der Waals surface area contributed by atoms with E-state index in [9.17, 15) is 4.79 Å². The Morgan fingerprint density at radius 3 is 1.67 bits per heavy atom. The van der Waals surface area contributed by atoms with Gasteiger partial charge in [-0.15, -0.1) is 0 Å². The van der Waals surface area contributed by atoms with E-state index >= 15 is 0 Å². The lowest BCUT2D eigenvalue weighted by Crippen LogP contribution is -2.33. The lowest BCUT2D eigenvalue weighted by molar-refractivity contribution is -0.127. The van der Waals surface area contributed by atoms with Crippen LogP contribution in [0.3, 0.4) is 0 Å². The van der Waals surface area contributed by atoms with Crippen LogP contribution in [0.2, 0.25) is 0 Å². The lowest BCUT2D eigenvalue weighted by atomic mass is 10.1. The summed E-state index contributed by atoms with van der Waals surface area (Å²) in [6, 6.07) is 0. The predicted octanol–water partition coefficient (Wildman–Crippen LogP) is 5.72. The van der Waals surface area contributed by atoms with E-state index in [-0.39, 0.29) is 5.91 Å². The fourth-order valence-corrected chi connectivity index (χ4v) is 2.64. The summed E-state index contributed by atoms with van der Waals surface area (Å²) in [5.74, 6) is 0.132.